The lowest BCUT2D eigenvalue weighted by molar-refractivity contribution is -0.119. The fourth-order valence-electron chi connectivity index (χ4n) is 3.33. The number of aromatic nitrogens is 3. The summed E-state index contributed by atoms with van der Waals surface area (Å²) in [7, 11) is 1.91. The number of carbonyl (C=O) groups excluding carboxylic acids is 1. The summed E-state index contributed by atoms with van der Waals surface area (Å²) in [5.74, 6) is 1.97. The molecule has 6 nitrogen and oxygen atoms in total. The van der Waals surface area contributed by atoms with E-state index in [1.807, 2.05) is 49.7 Å². The Kier molecular flexibility index (Phi) is 6.77. The predicted molar refractivity (Wildman–Crippen MR) is 107 cm³/mol. The lowest BCUT2D eigenvalue weighted by Gasteiger charge is -2.22. The van der Waals surface area contributed by atoms with E-state index < -0.39 is 0 Å². The van der Waals surface area contributed by atoms with E-state index in [1.54, 1.807) is 0 Å². The van der Waals surface area contributed by atoms with Crippen molar-refractivity contribution < 1.29 is 9.53 Å². The second-order valence-corrected chi connectivity index (χ2v) is 8.11. The summed E-state index contributed by atoms with van der Waals surface area (Å²) >= 11 is 1.41. The Morgan fingerprint density at radius 3 is 2.67 bits per heavy atom. The molecule has 1 fully saturated rings. The number of hydrogen-bond donors (Lipinski definition) is 1. The van der Waals surface area contributed by atoms with Crippen LogP contribution in [-0.2, 0) is 11.8 Å². The van der Waals surface area contributed by atoms with Crippen LogP contribution in [0.4, 0.5) is 0 Å². The molecule has 1 amide bonds. The van der Waals surface area contributed by atoms with Gasteiger partial charge in [-0.05, 0) is 38.8 Å². The maximum atomic E-state index is 12.2. The van der Waals surface area contributed by atoms with E-state index in [0.717, 1.165) is 29.6 Å². The number of hydrogen-bond acceptors (Lipinski definition) is 5. The van der Waals surface area contributed by atoms with E-state index in [1.165, 1.54) is 36.6 Å². The summed E-state index contributed by atoms with van der Waals surface area (Å²) in [6, 6.07) is 8.28. The molecule has 3 rings (SSSR count). The van der Waals surface area contributed by atoms with Crippen molar-refractivity contribution in [2.24, 2.45) is 7.05 Å². The van der Waals surface area contributed by atoms with Crippen molar-refractivity contribution in [3.63, 3.8) is 0 Å². The number of carbonyl (C=O) groups is 1. The van der Waals surface area contributed by atoms with Crippen LogP contribution in [-0.4, -0.2) is 32.5 Å². The van der Waals surface area contributed by atoms with Crippen molar-refractivity contribution in [1.29, 1.82) is 0 Å². The van der Waals surface area contributed by atoms with Gasteiger partial charge in [-0.15, -0.1) is 10.2 Å². The average Bonchev–Trinajstić information content (AvgIpc) is 3.03. The van der Waals surface area contributed by atoms with E-state index in [2.05, 4.69) is 15.5 Å². The molecular formula is C20H28N4O2S. The maximum absolute atomic E-state index is 12.2. The second-order valence-electron chi connectivity index (χ2n) is 7.16. The summed E-state index contributed by atoms with van der Waals surface area (Å²) in [4.78, 5) is 12.2. The van der Waals surface area contributed by atoms with Crippen molar-refractivity contribution in [2.45, 2.75) is 63.3 Å². The molecule has 146 valence electrons. The fraction of sp³-hybridized carbons (Fsp3) is 0.550. The standard InChI is InChI=1S/C20H28N4O2S/c1-14-9-11-17(12-10-14)26-15(2)19-22-23-20(24(19)3)27-13-18(25)21-16-7-5-4-6-8-16/h9-12,15-16H,4-8,13H2,1-3H3,(H,21,25)/t15-/m0/s1. The van der Waals surface area contributed by atoms with Gasteiger partial charge in [-0.25, -0.2) is 0 Å². The minimum Gasteiger partial charge on any atom is -0.483 e. The molecule has 1 aliphatic rings. The van der Waals surface area contributed by atoms with Gasteiger partial charge in [0.15, 0.2) is 17.1 Å². The molecule has 1 aliphatic carbocycles. The molecule has 1 heterocycles. The molecule has 1 aromatic heterocycles. The molecule has 0 unspecified atom stereocenters. The Labute approximate surface area is 165 Å². The lowest BCUT2D eigenvalue weighted by Crippen LogP contribution is -2.37. The first kappa shape index (κ1) is 19.7. The topological polar surface area (TPSA) is 69.0 Å². The Hall–Kier alpha value is -2.02. The molecule has 27 heavy (non-hydrogen) atoms. The largest absolute Gasteiger partial charge is 0.483 e. The third kappa shape index (κ3) is 5.48. The molecule has 7 heteroatoms. The van der Waals surface area contributed by atoms with Crippen molar-refractivity contribution in [2.75, 3.05) is 5.75 Å². The summed E-state index contributed by atoms with van der Waals surface area (Å²) in [5.41, 5.74) is 1.19. The van der Waals surface area contributed by atoms with E-state index >= 15 is 0 Å². The molecule has 0 radical (unpaired) electrons. The number of amides is 1. The molecular weight excluding hydrogens is 360 g/mol. The van der Waals surface area contributed by atoms with Gasteiger partial charge in [0.1, 0.15) is 5.75 Å². The fourth-order valence-corrected chi connectivity index (χ4v) is 4.06. The summed E-state index contributed by atoms with van der Waals surface area (Å²) in [6.45, 7) is 4.00. The Balaban J connectivity index is 1.52. The van der Waals surface area contributed by atoms with Crippen LogP contribution in [0.1, 0.15) is 56.5 Å². The third-order valence-corrected chi connectivity index (χ3v) is 5.89. The Bertz CT molecular complexity index is 754. The molecule has 1 saturated carbocycles. The van der Waals surface area contributed by atoms with Crippen molar-refractivity contribution in [3.05, 3.63) is 35.7 Å². The number of nitrogens with one attached hydrogen (secondary N) is 1. The van der Waals surface area contributed by atoms with Crippen LogP contribution >= 0.6 is 11.8 Å². The van der Waals surface area contributed by atoms with E-state index in [-0.39, 0.29) is 12.0 Å². The highest BCUT2D eigenvalue weighted by Crippen LogP contribution is 2.24. The monoisotopic (exact) mass is 388 g/mol. The Morgan fingerprint density at radius 1 is 1.26 bits per heavy atom. The summed E-state index contributed by atoms with van der Waals surface area (Å²) < 4.78 is 7.86. The SMILES string of the molecule is Cc1ccc(O[C@@H](C)c2nnc(SCC(=O)NC3CCCCC3)n2C)cc1. The van der Waals surface area contributed by atoms with Gasteiger partial charge >= 0.3 is 0 Å². The van der Waals surface area contributed by atoms with Gasteiger partial charge in [-0.2, -0.15) is 0 Å². The van der Waals surface area contributed by atoms with Crippen LogP contribution in [0.2, 0.25) is 0 Å². The molecule has 1 aromatic carbocycles. The zero-order chi connectivity index (χ0) is 19.2. The minimum absolute atomic E-state index is 0.0698. The van der Waals surface area contributed by atoms with Gasteiger partial charge in [0.25, 0.3) is 0 Å². The molecule has 0 aliphatic heterocycles. The van der Waals surface area contributed by atoms with Crippen LogP contribution < -0.4 is 10.1 Å². The van der Waals surface area contributed by atoms with Gasteiger partial charge in [0.2, 0.25) is 5.91 Å². The highest BCUT2D eigenvalue weighted by Gasteiger charge is 2.19. The molecule has 1 atom stereocenters. The highest BCUT2D eigenvalue weighted by atomic mass is 32.2. The van der Waals surface area contributed by atoms with Gasteiger partial charge in [-0.3, -0.25) is 4.79 Å². The number of ether oxygens (including phenoxy) is 1. The minimum atomic E-state index is -0.226. The normalized spacial score (nSPS) is 16.1. The van der Waals surface area contributed by atoms with Gasteiger partial charge < -0.3 is 14.6 Å². The van der Waals surface area contributed by atoms with Crippen LogP contribution in [0.25, 0.3) is 0 Å². The zero-order valence-electron chi connectivity index (χ0n) is 16.3. The van der Waals surface area contributed by atoms with E-state index in [9.17, 15) is 4.79 Å². The average molecular weight is 389 g/mol. The van der Waals surface area contributed by atoms with E-state index in [4.69, 9.17) is 4.74 Å². The molecule has 0 saturated heterocycles. The van der Waals surface area contributed by atoms with Crippen molar-refractivity contribution >= 4 is 17.7 Å². The summed E-state index contributed by atoms with van der Waals surface area (Å²) in [6.07, 6.45) is 5.67. The number of rotatable bonds is 7. The van der Waals surface area contributed by atoms with Crippen LogP contribution in [0.5, 0.6) is 5.75 Å². The Morgan fingerprint density at radius 2 is 1.96 bits per heavy atom. The first-order valence-corrected chi connectivity index (χ1v) is 10.6. The quantitative estimate of drug-likeness (QED) is 0.731. The van der Waals surface area contributed by atoms with Crippen molar-refractivity contribution in [3.8, 4) is 5.75 Å². The number of benzene rings is 1. The van der Waals surface area contributed by atoms with Crippen LogP contribution in [0, 0.1) is 6.92 Å². The number of nitrogens with zero attached hydrogens (tertiary/aromatic N) is 3. The molecule has 1 N–H and O–H groups in total. The molecule has 2 aromatic rings. The predicted octanol–water partition coefficient (Wildman–Crippen LogP) is 3.80. The zero-order valence-corrected chi connectivity index (χ0v) is 17.1. The number of aryl methyl sites for hydroxylation is 1. The molecule has 0 spiro atoms. The summed E-state index contributed by atoms with van der Waals surface area (Å²) in [5, 5.41) is 12.3. The number of thioether (sulfide) groups is 1. The first-order valence-electron chi connectivity index (χ1n) is 9.57. The van der Waals surface area contributed by atoms with Gasteiger partial charge in [-0.1, -0.05) is 48.7 Å². The molecule has 0 bridgehead atoms. The van der Waals surface area contributed by atoms with Crippen molar-refractivity contribution in [1.82, 2.24) is 20.1 Å². The lowest BCUT2D eigenvalue weighted by atomic mass is 9.95. The third-order valence-electron chi connectivity index (χ3n) is 4.87. The smallest absolute Gasteiger partial charge is 0.230 e. The maximum Gasteiger partial charge on any atom is 0.230 e. The first-order chi connectivity index (χ1) is 13.0. The van der Waals surface area contributed by atoms with Crippen LogP contribution in [0.3, 0.4) is 0 Å². The van der Waals surface area contributed by atoms with Crippen LogP contribution in [0.15, 0.2) is 29.4 Å². The van der Waals surface area contributed by atoms with Gasteiger partial charge in [0, 0.05) is 13.1 Å². The second kappa shape index (κ2) is 9.26. The van der Waals surface area contributed by atoms with Gasteiger partial charge in [0.05, 0.1) is 5.75 Å². The van der Waals surface area contributed by atoms with E-state index in [0.29, 0.717) is 11.8 Å². The highest BCUT2D eigenvalue weighted by molar-refractivity contribution is 7.99.